The minimum Gasteiger partial charge on any atom is -0.466 e. The number of nitrogens with zero attached hydrogens (tertiary/aromatic N) is 1. The molecule has 0 fully saturated rings. The van der Waals surface area contributed by atoms with E-state index in [1.165, 1.54) is 18.4 Å². The van der Waals surface area contributed by atoms with Crippen molar-refractivity contribution in [2.45, 2.75) is 6.42 Å². The summed E-state index contributed by atoms with van der Waals surface area (Å²) in [7, 11) is 1.41. The van der Waals surface area contributed by atoms with Crippen molar-refractivity contribution in [2.75, 3.05) is 25.1 Å². The van der Waals surface area contributed by atoms with Crippen LogP contribution in [0.1, 0.15) is 11.1 Å². The van der Waals surface area contributed by atoms with Gasteiger partial charge in [-0.15, -0.1) is 0 Å². The van der Waals surface area contributed by atoms with Gasteiger partial charge in [-0.25, -0.2) is 4.79 Å². The van der Waals surface area contributed by atoms with Crippen LogP contribution in [0.5, 0.6) is 0 Å². The molecule has 22 heavy (non-hydrogen) atoms. The molecule has 3 heteroatoms. The molecule has 1 heterocycles. The summed E-state index contributed by atoms with van der Waals surface area (Å²) in [6, 6.07) is 18.4. The van der Waals surface area contributed by atoms with E-state index in [9.17, 15) is 4.79 Å². The molecule has 2 aromatic rings. The number of hydrogen-bond acceptors (Lipinski definition) is 3. The third-order valence-electron chi connectivity index (χ3n) is 3.98. The molecule has 0 unspecified atom stereocenters. The van der Waals surface area contributed by atoms with Gasteiger partial charge in [0.15, 0.2) is 0 Å². The zero-order chi connectivity index (χ0) is 15.4. The van der Waals surface area contributed by atoms with E-state index in [1.54, 1.807) is 6.08 Å². The highest BCUT2D eigenvalue weighted by Crippen LogP contribution is 2.29. The fraction of sp³-hybridized carbons (Fsp3) is 0.211. The second-order valence-electron chi connectivity index (χ2n) is 5.36. The highest BCUT2D eigenvalue weighted by Gasteiger charge is 2.20. The third kappa shape index (κ3) is 3.03. The monoisotopic (exact) mass is 293 g/mol. The predicted molar refractivity (Wildman–Crippen MR) is 88.8 cm³/mol. The summed E-state index contributed by atoms with van der Waals surface area (Å²) in [4.78, 5) is 14.0. The first kappa shape index (κ1) is 14.4. The molecule has 0 saturated carbocycles. The molecule has 2 aromatic carbocycles. The van der Waals surface area contributed by atoms with Gasteiger partial charge in [0, 0.05) is 24.9 Å². The Morgan fingerprint density at radius 1 is 1.14 bits per heavy atom. The van der Waals surface area contributed by atoms with Crippen molar-refractivity contribution in [3.8, 4) is 0 Å². The molecule has 0 aromatic heterocycles. The maximum Gasteiger partial charge on any atom is 0.330 e. The largest absolute Gasteiger partial charge is 0.466 e. The molecule has 0 aliphatic carbocycles. The first-order valence-corrected chi connectivity index (χ1v) is 7.45. The smallest absolute Gasteiger partial charge is 0.330 e. The van der Waals surface area contributed by atoms with Crippen molar-refractivity contribution < 1.29 is 9.53 Å². The van der Waals surface area contributed by atoms with E-state index in [4.69, 9.17) is 4.74 Å². The van der Waals surface area contributed by atoms with Crippen LogP contribution >= 0.6 is 0 Å². The first-order valence-electron chi connectivity index (χ1n) is 7.45. The molecular weight excluding hydrogens is 274 g/mol. The molecular formula is C19H19NO2. The number of ether oxygens (including phenoxy) is 1. The SMILES string of the molecule is COC(=O)/C=C(\CN1CCc2ccccc21)c1ccccc1. The number of para-hydroxylation sites is 1. The Morgan fingerprint density at radius 3 is 2.64 bits per heavy atom. The molecule has 0 atom stereocenters. The van der Waals surface area contributed by atoms with Crippen molar-refractivity contribution in [3.05, 3.63) is 71.8 Å². The van der Waals surface area contributed by atoms with Gasteiger partial charge in [-0.1, -0.05) is 48.5 Å². The number of rotatable bonds is 4. The Morgan fingerprint density at radius 2 is 1.86 bits per heavy atom. The molecule has 0 saturated heterocycles. The standard InChI is InChI=1S/C19H19NO2/c1-22-19(21)13-17(15-7-3-2-4-8-15)14-20-12-11-16-9-5-6-10-18(16)20/h2-10,13H,11-12,14H2,1H3/b17-13+. The summed E-state index contributed by atoms with van der Waals surface area (Å²) >= 11 is 0. The Kier molecular flexibility index (Phi) is 4.24. The van der Waals surface area contributed by atoms with E-state index in [2.05, 4.69) is 29.2 Å². The van der Waals surface area contributed by atoms with Crippen LogP contribution in [0.15, 0.2) is 60.7 Å². The number of fused-ring (bicyclic) bond motifs is 1. The van der Waals surface area contributed by atoms with Crippen LogP contribution in [0.2, 0.25) is 0 Å². The summed E-state index contributed by atoms with van der Waals surface area (Å²) in [5, 5.41) is 0. The lowest BCUT2D eigenvalue weighted by Crippen LogP contribution is -2.23. The van der Waals surface area contributed by atoms with Crippen LogP contribution in [0.3, 0.4) is 0 Å². The van der Waals surface area contributed by atoms with Gasteiger partial charge in [0.05, 0.1) is 7.11 Å². The molecule has 112 valence electrons. The molecule has 0 amide bonds. The van der Waals surface area contributed by atoms with Crippen molar-refractivity contribution in [2.24, 2.45) is 0 Å². The van der Waals surface area contributed by atoms with Gasteiger partial charge in [-0.05, 0) is 29.2 Å². The lowest BCUT2D eigenvalue weighted by molar-refractivity contribution is -0.134. The molecule has 1 aliphatic rings. The first-order chi connectivity index (χ1) is 10.8. The number of carbonyl (C=O) groups excluding carboxylic acids is 1. The van der Waals surface area contributed by atoms with Crippen LogP contribution in [-0.2, 0) is 16.0 Å². The maximum atomic E-state index is 11.7. The third-order valence-corrected chi connectivity index (χ3v) is 3.98. The summed E-state index contributed by atoms with van der Waals surface area (Å²) in [6.07, 6.45) is 2.65. The van der Waals surface area contributed by atoms with Crippen LogP contribution in [0.4, 0.5) is 5.69 Å². The van der Waals surface area contributed by atoms with Crippen LogP contribution < -0.4 is 4.90 Å². The second-order valence-corrected chi connectivity index (χ2v) is 5.36. The molecule has 0 bridgehead atoms. The number of anilines is 1. The van der Waals surface area contributed by atoms with E-state index in [1.807, 2.05) is 30.3 Å². The summed E-state index contributed by atoms with van der Waals surface area (Å²) in [6.45, 7) is 1.68. The molecule has 0 radical (unpaired) electrons. The lowest BCUT2D eigenvalue weighted by Gasteiger charge is -2.21. The fourth-order valence-corrected chi connectivity index (χ4v) is 2.85. The van der Waals surface area contributed by atoms with Crippen molar-refractivity contribution >= 4 is 17.2 Å². The van der Waals surface area contributed by atoms with E-state index < -0.39 is 0 Å². The Labute approximate surface area is 130 Å². The van der Waals surface area contributed by atoms with E-state index in [0.29, 0.717) is 6.54 Å². The number of methoxy groups -OCH3 is 1. The van der Waals surface area contributed by atoms with Crippen LogP contribution in [-0.4, -0.2) is 26.2 Å². The average Bonchev–Trinajstić information content (AvgIpc) is 2.98. The normalized spacial score (nSPS) is 13.9. The minimum absolute atomic E-state index is 0.314. The van der Waals surface area contributed by atoms with Gasteiger partial charge in [-0.2, -0.15) is 0 Å². The zero-order valence-corrected chi connectivity index (χ0v) is 12.7. The number of carbonyl (C=O) groups is 1. The summed E-state index contributed by atoms with van der Waals surface area (Å²) < 4.78 is 4.80. The Hall–Kier alpha value is -2.55. The van der Waals surface area contributed by atoms with E-state index in [-0.39, 0.29) is 5.97 Å². The van der Waals surface area contributed by atoms with Gasteiger partial charge in [0.1, 0.15) is 0 Å². The van der Waals surface area contributed by atoms with E-state index in [0.717, 1.165) is 24.1 Å². The second kappa shape index (κ2) is 6.48. The molecule has 3 nitrogen and oxygen atoms in total. The number of esters is 1. The molecule has 0 N–H and O–H groups in total. The van der Waals surface area contributed by atoms with E-state index >= 15 is 0 Å². The van der Waals surface area contributed by atoms with Crippen LogP contribution in [0.25, 0.3) is 5.57 Å². The Balaban J connectivity index is 1.89. The maximum absolute atomic E-state index is 11.7. The molecule has 3 rings (SSSR count). The average molecular weight is 293 g/mol. The van der Waals surface area contributed by atoms with Gasteiger partial charge in [0.2, 0.25) is 0 Å². The van der Waals surface area contributed by atoms with Crippen LogP contribution in [0, 0.1) is 0 Å². The zero-order valence-electron chi connectivity index (χ0n) is 12.7. The van der Waals surface area contributed by atoms with Gasteiger partial charge >= 0.3 is 5.97 Å². The fourth-order valence-electron chi connectivity index (χ4n) is 2.85. The number of benzene rings is 2. The summed E-state index contributed by atoms with van der Waals surface area (Å²) in [5.74, 6) is -0.314. The molecule has 1 aliphatic heterocycles. The number of hydrogen-bond donors (Lipinski definition) is 0. The van der Waals surface area contributed by atoms with Gasteiger partial charge < -0.3 is 9.64 Å². The Bertz CT molecular complexity index is 692. The highest BCUT2D eigenvalue weighted by atomic mass is 16.5. The minimum atomic E-state index is -0.314. The topological polar surface area (TPSA) is 29.5 Å². The predicted octanol–water partition coefficient (Wildman–Crippen LogP) is 3.31. The van der Waals surface area contributed by atoms with Gasteiger partial charge in [0.25, 0.3) is 0 Å². The lowest BCUT2D eigenvalue weighted by atomic mass is 10.0. The van der Waals surface area contributed by atoms with Crippen molar-refractivity contribution in [1.82, 2.24) is 0 Å². The van der Waals surface area contributed by atoms with Crippen molar-refractivity contribution in [3.63, 3.8) is 0 Å². The molecule has 0 spiro atoms. The van der Waals surface area contributed by atoms with Gasteiger partial charge in [-0.3, -0.25) is 0 Å². The quantitative estimate of drug-likeness (QED) is 0.640. The van der Waals surface area contributed by atoms with Crippen molar-refractivity contribution in [1.29, 1.82) is 0 Å². The summed E-state index contributed by atoms with van der Waals surface area (Å²) in [5.41, 5.74) is 4.66. The highest BCUT2D eigenvalue weighted by molar-refractivity contribution is 5.92.